The van der Waals surface area contributed by atoms with Crippen LogP contribution in [-0.4, -0.2) is 10.2 Å². The van der Waals surface area contributed by atoms with Crippen LogP contribution in [0.4, 0.5) is 5.69 Å². The zero-order valence-corrected chi connectivity index (χ0v) is 9.72. The molecule has 1 aromatic rings. The minimum absolute atomic E-state index is 0.185. The van der Waals surface area contributed by atoms with E-state index in [1.54, 1.807) is 24.3 Å². The first-order chi connectivity index (χ1) is 7.53. The Kier molecular flexibility index (Phi) is 2.79. The van der Waals surface area contributed by atoms with Gasteiger partial charge in [-0.25, -0.2) is 0 Å². The standard InChI is InChI=1S/C11H8Cl2N2O/c12-11(13)5-9(11)10(16)15-8-3-1-7(6-14)2-4-8/h1-4,9H,5H2,(H,15,16)/t9-/m1/s1. The Labute approximate surface area is 103 Å². The monoisotopic (exact) mass is 254 g/mol. The highest BCUT2D eigenvalue weighted by molar-refractivity contribution is 6.52. The molecule has 1 saturated carbocycles. The molecule has 0 spiro atoms. The van der Waals surface area contributed by atoms with Crippen molar-refractivity contribution in [1.82, 2.24) is 0 Å². The summed E-state index contributed by atoms with van der Waals surface area (Å²) >= 11 is 11.6. The predicted octanol–water partition coefficient (Wildman–Crippen LogP) is 2.69. The molecule has 5 heteroatoms. The number of carbonyl (C=O) groups is 1. The number of hydrogen-bond acceptors (Lipinski definition) is 2. The molecule has 1 amide bonds. The van der Waals surface area contributed by atoms with Crippen LogP contribution in [0.25, 0.3) is 0 Å². The van der Waals surface area contributed by atoms with E-state index in [1.807, 2.05) is 6.07 Å². The number of nitrogens with zero attached hydrogens (tertiary/aromatic N) is 1. The molecule has 1 fully saturated rings. The van der Waals surface area contributed by atoms with Gasteiger partial charge in [-0.2, -0.15) is 5.26 Å². The molecule has 1 aliphatic carbocycles. The molecule has 0 bridgehead atoms. The SMILES string of the molecule is N#Cc1ccc(NC(=O)[C@H]2CC2(Cl)Cl)cc1. The van der Waals surface area contributed by atoms with Crippen LogP contribution in [0, 0.1) is 17.2 Å². The molecular weight excluding hydrogens is 247 g/mol. The van der Waals surface area contributed by atoms with Crippen molar-refractivity contribution in [3.05, 3.63) is 29.8 Å². The second-order valence-corrected chi connectivity index (χ2v) is 5.24. The van der Waals surface area contributed by atoms with Gasteiger partial charge in [-0.05, 0) is 30.7 Å². The van der Waals surface area contributed by atoms with Crippen LogP contribution in [0.5, 0.6) is 0 Å². The van der Waals surface area contributed by atoms with Gasteiger partial charge in [-0.3, -0.25) is 4.79 Å². The normalized spacial score (nSPS) is 20.9. The molecule has 82 valence electrons. The zero-order valence-electron chi connectivity index (χ0n) is 8.21. The van der Waals surface area contributed by atoms with Crippen molar-refractivity contribution >= 4 is 34.8 Å². The maximum absolute atomic E-state index is 11.6. The summed E-state index contributed by atoms with van der Waals surface area (Å²) in [7, 11) is 0. The Bertz CT molecular complexity index is 462. The van der Waals surface area contributed by atoms with Crippen LogP contribution in [-0.2, 0) is 4.79 Å². The van der Waals surface area contributed by atoms with Crippen LogP contribution in [0.1, 0.15) is 12.0 Å². The van der Waals surface area contributed by atoms with Crippen LogP contribution in [0.15, 0.2) is 24.3 Å². The first kappa shape index (κ1) is 11.3. The van der Waals surface area contributed by atoms with E-state index in [0.29, 0.717) is 17.7 Å². The summed E-state index contributed by atoms with van der Waals surface area (Å²) in [5, 5.41) is 11.3. The van der Waals surface area contributed by atoms with E-state index >= 15 is 0 Å². The first-order valence-corrected chi connectivity index (χ1v) is 5.47. The van der Waals surface area contributed by atoms with E-state index in [2.05, 4.69) is 5.32 Å². The molecule has 1 atom stereocenters. The lowest BCUT2D eigenvalue weighted by molar-refractivity contribution is -0.117. The molecule has 3 nitrogen and oxygen atoms in total. The fraction of sp³-hybridized carbons (Fsp3) is 0.273. The van der Waals surface area contributed by atoms with Gasteiger partial charge in [0.25, 0.3) is 0 Å². The molecular formula is C11H8Cl2N2O. The summed E-state index contributed by atoms with van der Waals surface area (Å²) in [6.07, 6.45) is 0.484. The third-order valence-electron chi connectivity index (χ3n) is 2.42. The van der Waals surface area contributed by atoms with E-state index in [4.69, 9.17) is 28.5 Å². The van der Waals surface area contributed by atoms with Gasteiger partial charge < -0.3 is 5.32 Å². The van der Waals surface area contributed by atoms with Gasteiger partial charge in [0.15, 0.2) is 0 Å². The van der Waals surface area contributed by atoms with E-state index in [-0.39, 0.29) is 11.8 Å². The smallest absolute Gasteiger partial charge is 0.230 e. The summed E-state index contributed by atoms with van der Waals surface area (Å²) in [5.74, 6) is -0.527. The van der Waals surface area contributed by atoms with E-state index in [0.717, 1.165) is 0 Å². The summed E-state index contributed by atoms with van der Waals surface area (Å²) in [6.45, 7) is 0. The number of alkyl halides is 2. The molecule has 1 aliphatic rings. The Morgan fingerprint density at radius 3 is 2.44 bits per heavy atom. The third-order valence-corrected chi connectivity index (χ3v) is 3.26. The lowest BCUT2D eigenvalue weighted by atomic mass is 10.2. The summed E-state index contributed by atoms with van der Waals surface area (Å²) in [5.41, 5.74) is 1.19. The number of hydrogen-bond donors (Lipinski definition) is 1. The largest absolute Gasteiger partial charge is 0.326 e. The molecule has 0 aromatic heterocycles. The van der Waals surface area contributed by atoms with Crippen molar-refractivity contribution in [2.45, 2.75) is 10.8 Å². The molecule has 1 N–H and O–H groups in total. The second kappa shape index (κ2) is 3.97. The summed E-state index contributed by atoms with van der Waals surface area (Å²) < 4.78 is -0.906. The van der Waals surface area contributed by atoms with Gasteiger partial charge >= 0.3 is 0 Å². The molecule has 0 unspecified atom stereocenters. The number of halogens is 2. The minimum atomic E-state index is -0.906. The Morgan fingerprint density at radius 1 is 1.44 bits per heavy atom. The molecule has 0 aliphatic heterocycles. The van der Waals surface area contributed by atoms with Crippen molar-refractivity contribution in [2.75, 3.05) is 5.32 Å². The average molecular weight is 255 g/mol. The number of nitriles is 1. The van der Waals surface area contributed by atoms with Crippen LogP contribution in [0.2, 0.25) is 0 Å². The first-order valence-electron chi connectivity index (χ1n) is 4.72. The molecule has 16 heavy (non-hydrogen) atoms. The zero-order chi connectivity index (χ0) is 11.8. The molecule has 0 saturated heterocycles. The Balaban J connectivity index is 2.00. The Hall–Kier alpha value is -1.24. The number of benzene rings is 1. The van der Waals surface area contributed by atoms with E-state index in [9.17, 15) is 4.79 Å². The van der Waals surface area contributed by atoms with Crippen molar-refractivity contribution in [1.29, 1.82) is 5.26 Å². The number of rotatable bonds is 2. The fourth-order valence-electron chi connectivity index (χ4n) is 1.36. The number of anilines is 1. The van der Waals surface area contributed by atoms with E-state index in [1.165, 1.54) is 0 Å². The fourth-order valence-corrected chi connectivity index (χ4v) is 1.86. The maximum atomic E-state index is 11.6. The molecule has 2 rings (SSSR count). The Morgan fingerprint density at radius 2 is 2.00 bits per heavy atom. The van der Waals surface area contributed by atoms with Gasteiger partial charge in [-0.1, -0.05) is 0 Å². The number of carbonyl (C=O) groups excluding carboxylic acids is 1. The molecule has 0 heterocycles. The molecule has 1 aromatic carbocycles. The van der Waals surface area contributed by atoms with Gasteiger partial charge in [0.05, 0.1) is 17.6 Å². The van der Waals surface area contributed by atoms with Crippen molar-refractivity contribution < 1.29 is 4.79 Å². The number of amides is 1. The second-order valence-electron chi connectivity index (χ2n) is 3.70. The predicted molar refractivity (Wildman–Crippen MR) is 62.3 cm³/mol. The summed E-state index contributed by atoms with van der Waals surface area (Å²) in [4.78, 5) is 11.6. The lowest BCUT2D eigenvalue weighted by Crippen LogP contribution is -2.16. The van der Waals surface area contributed by atoms with Gasteiger partial charge in [0.1, 0.15) is 4.33 Å². The van der Waals surface area contributed by atoms with Crippen molar-refractivity contribution in [3.63, 3.8) is 0 Å². The number of nitrogens with one attached hydrogen (secondary N) is 1. The van der Waals surface area contributed by atoms with Crippen molar-refractivity contribution in [3.8, 4) is 6.07 Å². The topological polar surface area (TPSA) is 52.9 Å². The lowest BCUT2D eigenvalue weighted by Gasteiger charge is -2.04. The summed E-state index contributed by atoms with van der Waals surface area (Å²) in [6, 6.07) is 8.61. The highest BCUT2D eigenvalue weighted by Gasteiger charge is 2.56. The quantitative estimate of drug-likeness (QED) is 0.826. The van der Waals surface area contributed by atoms with Gasteiger partial charge in [0.2, 0.25) is 5.91 Å². The third kappa shape index (κ3) is 2.29. The van der Waals surface area contributed by atoms with Crippen molar-refractivity contribution in [2.24, 2.45) is 5.92 Å². The highest BCUT2D eigenvalue weighted by Crippen LogP contribution is 2.53. The van der Waals surface area contributed by atoms with Crippen LogP contribution in [0.3, 0.4) is 0 Å². The average Bonchev–Trinajstić information content (AvgIpc) is 2.89. The van der Waals surface area contributed by atoms with Crippen LogP contribution < -0.4 is 5.32 Å². The van der Waals surface area contributed by atoms with Gasteiger partial charge in [-0.15, -0.1) is 23.2 Å². The highest BCUT2D eigenvalue weighted by atomic mass is 35.5. The minimum Gasteiger partial charge on any atom is -0.326 e. The molecule has 0 radical (unpaired) electrons. The van der Waals surface area contributed by atoms with Gasteiger partial charge in [0, 0.05) is 5.69 Å². The van der Waals surface area contributed by atoms with Crippen LogP contribution >= 0.6 is 23.2 Å². The maximum Gasteiger partial charge on any atom is 0.230 e. The van der Waals surface area contributed by atoms with E-state index < -0.39 is 4.33 Å².